The van der Waals surface area contributed by atoms with E-state index in [4.69, 9.17) is 11.6 Å². The quantitative estimate of drug-likeness (QED) is 0.676. The lowest BCUT2D eigenvalue weighted by atomic mass is 10.1. The first-order valence-electron chi connectivity index (χ1n) is 6.06. The number of benzene rings is 1. The van der Waals surface area contributed by atoms with Gasteiger partial charge in [-0.3, -0.25) is 10.2 Å². The average molecular weight is 282 g/mol. The molecule has 0 spiro atoms. The Morgan fingerprint density at radius 1 is 1.53 bits per heavy atom. The first-order chi connectivity index (χ1) is 9.11. The Kier molecular flexibility index (Phi) is 4.24. The van der Waals surface area contributed by atoms with Crippen LogP contribution in [0.4, 0.5) is 5.69 Å². The summed E-state index contributed by atoms with van der Waals surface area (Å²) in [5.41, 5.74) is 9.47. The second-order valence-electron chi connectivity index (χ2n) is 4.31. The zero-order valence-electron chi connectivity index (χ0n) is 10.7. The van der Waals surface area contributed by atoms with Gasteiger partial charge in [0.15, 0.2) is 5.84 Å². The van der Waals surface area contributed by atoms with Crippen molar-refractivity contribution in [1.82, 2.24) is 16.5 Å². The Balaban J connectivity index is 2.27. The first kappa shape index (κ1) is 13.6. The number of carbonyl (C=O) groups excluding carboxylic acids is 1. The third kappa shape index (κ3) is 3.15. The van der Waals surface area contributed by atoms with E-state index in [1.54, 1.807) is 18.2 Å². The minimum absolute atomic E-state index is 0.0365. The SMILES string of the molecule is CCC(C)C(=O)Nc1cc(Cl)ccc1C1=NNNN1. The van der Waals surface area contributed by atoms with Gasteiger partial charge in [0.1, 0.15) is 0 Å². The summed E-state index contributed by atoms with van der Waals surface area (Å²) in [5, 5.41) is 7.46. The smallest absolute Gasteiger partial charge is 0.227 e. The molecule has 6 nitrogen and oxygen atoms in total. The van der Waals surface area contributed by atoms with E-state index in [9.17, 15) is 4.79 Å². The Morgan fingerprint density at radius 2 is 2.32 bits per heavy atom. The lowest BCUT2D eigenvalue weighted by molar-refractivity contribution is -0.119. The number of hydrazone groups is 1. The molecule has 1 atom stereocenters. The number of hydrogen-bond acceptors (Lipinski definition) is 5. The molecule has 0 saturated carbocycles. The molecular weight excluding hydrogens is 266 g/mol. The van der Waals surface area contributed by atoms with Gasteiger partial charge in [-0.05, 0) is 24.6 Å². The fraction of sp³-hybridized carbons (Fsp3) is 0.333. The maximum absolute atomic E-state index is 12.0. The predicted octanol–water partition coefficient (Wildman–Crippen LogP) is 1.60. The van der Waals surface area contributed by atoms with Crippen molar-refractivity contribution in [2.24, 2.45) is 11.0 Å². The molecule has 0 fully saturated rings. The van der Waals surface area contributed by atoms with Crippen LogP contribution < -0.4 is 21.8 Å². The lowest BCUT2D eigenvalue weighted by Crippen LogP contribution is -2.35. The van der Waals surface area contributed by atoms with Crippen molar-refractivity contribution in [3.8, 4) is 0 Å². The molecule has 7 heteroatoms. The van der Waals surface area contributed by atoms with Crippen molar-refractivity contribution in [3.05, 3.63) is 28.8 Å². The number of hydrogen-bond donors (Lipinski definition) is 4. The maximum atomic E-state index is 12.0. The van der Waals surface area contributed by atoms with Crippen molar-refractivity contribution < 1.29 is 4.79 Å². The number of rotatable bonds is 4. The van der Waals surface area contributed by atoms with Crippen LogP contribution >= 0.6 is 11.6 Å². The van der Waals surface area contributed by atoms with Crippen molar-refractivity contribution in [3.63, 3.8) is 0 Å². The molecule has 1 aliphatic heterocycles. The normalized spacial score (nSPS) is 15.2. The molecule has 102 valence electrons. The van der Waals surface area contributed by atoms with Gasteiger partial charge in [0.25, 0.3) is 0 Å². The van der Waals surface area contributed by atoms with E-state index >= 15 is 0 Å². The molecule has 1 amide bonds. The van der Waals surface area contributed by atoms with Gasteiger partial charge in [-0.15, -0.1) is 10.6 Å². The highest BCUT2D eigenvalue weighted by Crippen LogP contribution is 2.22. The number of nitrogens with one attached hydrogen (secondary N) is 4. The van der Waals surface area contributed by atoms with Gasteiger partial charge in [-0.25, -0.2) is 5.53 Å². The van der Waals surface area contributed by atoms with Crippen LogP contribution in [0.2, 0.25) is 5.02 Å². The Morgan fingerprint density at radius 3 is 2.95 bits per heavy atom. The highest BCUT2D eigenvalue weighted by Gasteiger charge is 2.17. The first-order valence-corrected chi connectivity index (χ1v) is 6.44. The van der Waals surface area contributed by atoms with Gasteiger partial charge in [0, 0.05) is 16.5 Å². The number of nitrogens with zero attached hydrogens (tertiary/aromatic N) is 1. The fourth-order valence-electron chi connectivity index (χ4n) is 1.59. The summed E-state index contributed by atoms with van der Waals surface area (Å²) in [6, 6.07) is 5.26. The number of hydrazine groups is 2. The molecule has 1 aromatic carbocycles. The molecule has 0 aliphatic carbocycles. The van der Waals surface area contributed by atoms with Gasteiger partial charge in [0.05, 0.1) is 5.69 Å². The van der Waals surface area contributed by atoms with Gasteiger partial charge in [-0.2, -0.15) is 0 Å². The van der Waals surface area contributed by atoms with E-state index in [1.165, 1.54) is 0 Å². The molecule has 2 rings (SSSR count). The molecule has 0 bridgehead atoms. The van der Waals surface area contributed by atoms with Crippen LogP contribution in [0.1, 0.15) is 25.8 Å². The second kappa shape index (κ2) is 5.90. The van der Waals surface area contributed by atoms with Crippen LogP contribution in [-0.4, -0.2) is 11.7 Å². The fourth-order valence-corrected chi connectivity index (χ4v) is 1.77. The van der Waals surface area contributed by atoms with Gasteiger partial charge < -0.3 is 5.32 Å². The molecular formula is C12H16ClN5O. The minimum Gasteiger partial charge on any atom is -0.325 e. The van der Waals surface area contributed by atoms with E-state index in [-0.39, 0.29) is 11.8 Å². The summed E-state index contributed by atoms with van der Waals surface area (Å²) in [6.45, 7) is 3.85. The zero-order valence-corrected chi connectivity index (χ0v) is 11.5. The number of carbonyl (C=O) groups is 1. The summed E-state index contributed by atoms with van der Waals surface area (Å²) in [7, 11) is 0. The predicted molar refractivity (Wildman–Crippen MR) is 75.5 cm³/mol. The highest BCUT2D eigenvalue weighted by atomic mass is 35.5. The number of amidine groups is 1. The second-order valence-corrected chi connectivity index (χ2v) is 4.75. The van der Waals surface area contributed by atoms with Crippen LogP contribution in [-0.2, 0) is 4.79 Å². The molecule has 1 aromatic rings. The molecule has 0 aromatic heterocycles. The zero-order chi connectivity index (χ0) is 13.8. The maximum Gasteiger partial charge on any atom is 0.227 e. The van der Waals surface area contributed by atoms with Gasteiger partial charge in [-0.1, -0.05) is 25.4 Å². The molecule has 1 aliphatic rings. The lowest BCUT2D eigenvalue weighted by Gasteiger charge is -2.14. The third-order valence-corrected chi connectivity index (χ3v) is 3.19. The topological polar surface area (TPSA) is 77.5 Å². The number of amides is 1. The molecule has 1 heterocycles. The van der Waals surface area contributed by atoms with Crippen LogP contribution in [0.25, 0.3) is 0 Å². The van der Waals surface area contributed by atoms with Crippen LogP contribution in [0.3, 0.4) is 0 Å². The number of anilines is 1. The Hall–Kier alpha value is -1.79. The van der Waals surface area contributed by atoms with Crippen LogP contribution in [0, 0.1) is 5.92 Å². The van der Waals surface area contributed by atoms with E-state index < -0.39 is 0 Å². The van der Waals surface area contributed by atoms with E-state index in [0.29, 0.717) is 16.5 Å². The highest BCUT2D eigenvalue weighted by molar-refractivity contribution is 6.31. The Labute approximate surface area is 116 Å². The van der Waals surface area contributed by atoms with Gasteiger partial charge in [0.2, 0.25) is 5.91 Å². The standard InChI is InChI=1S/C12H16ClN5O/c1-3-7(2)12(19)14-10-6-8(13)4-5-9(10)11-15-17-18-16-11/h4-7,17-18H,3H2,1-2H3,(H,14,19)(H,15,16). The van der Waals surface area contributed by atoms with Crippen molar-refractivity contribution in [2.45, 2.75) is 20.3 Å². The molecule has 4 N–H and O–H groups in total. The minimum atomic E-state index is -0.0541. The van der Waals surface area contributed by atoms with E-state index in [1.807, 2.05) is 13.8 Å². The molecule has 1 unspecified atom stereocenters. The van der Waals surface area contributed by atoms with E-state index in [2.05, 4.69) is 26.9 Å². The van der Waals surface area contributed by atoms with Crippen molar-refractivity contribution in [2.75, 3.05) is 5.32 Å². The van der Waals surface area contributed by atoms with Gasteiger partial charge >= 0.3 is 0 Å². The van der Waals surface area contributed by atoms with Crippen LogP contribution in [0.5, 0.6) is 0 Å². The largest absolute Gasteiger partial charge is 0.325 e. The summed E-state index contributed by atoms with van der Waals surface area (Å²) >= 11 is 5.98. The molecule has 19 heavy (non-hydrogen) atoms. The number of halogens is 1. The summed E-state index contributed by atoms with van der Waals surface area (Å²) < 4.78 is 0. The molecule has 0 radical (unpaired) electrons. The summed E-state index contributed by atoms with van der Waals surface area (Å²) in [6.07, 6.45) is 0.782. The molecule has 0 saturated heterocycles. The van der Waals surface area contributed by atoms with Crippen molar-refractivity contribution >= 4 is 29.0 Å². The van der Waals surface area contributed by atoms with Crippen LogP contribution in [0.15, 0.2) is 23.3 Å². The summed E-state index contributed by atoms with van der Waals surface area (Å²) in [4.78, 5) is 12.0. The van der Waals surface area contributed by atoms with Crippen molar-refractivity contribution in [1.29, 1.82) is 0 Å². The third-order valence-electron chi connectivity index (χ3n) is 2.96. The summed E-state index contributed by atoms with van der Waals surface area (Å²) in [5.74, 6) is 0.503. The monoisotopic (exact) mass is 281 g/mol. The van der Waals surface area contributed by atoms with E-state index in [0.717, 1.165) is 12.0 Å². The Bertz CT molecular complexity index is 517. The average Bonchev–Trinajstić information content (AvgIpc) is 2.91.